The van der Waals surface area contributed by atoms with E-state index in [0.29, 0.717) is 22.7 Å². The highest BCUT2D eigenvalue weighted by molar-refractivity contribution is 7.20. The van der Waals surface area contributed by atoms with E-state index in [4.69, 9.17) is 0 Å². The summed E-state index contributed by atoms with van der Waals surface area (Å²) >= 11 is 1.45. The Morgan fingerprint density at radius 3 is 2.81 bits per heavy atom. The molecule has 3 aliphatic rings. The van der Waals surface area contributed by atoms with Crippen molar-refractivity contribution in [3.8, 4) is 0 Å². The molecule has 2 aromatic heterocycles. The number of pyridine rings is 1. The van der Waals surface area contributed by atoms with Gasteiger partial charge < -0.3 is 20.9 Å². The molecule has 8 heteroatoms. The number of thiophene rings is 1. The van der Waals surface area contributed by atoms with Gasteiger partial charge in [0.25, 0.3) is 11.8 Å². The van der Waals surface area contributed by atoms with Crippen LogP contribution in [0.5, 0.6) is 0 Å². The number of aromatic nitrogens is 1. The minimum Gasteiger partial charge on any atom is -0.346 e. The monoisotopic (exact) mass is 385 g/mol. The molecule has 0 aromatic carbocycles. The van der Waals surface area contributed by atoms with Crippen molar-refractivity contribution < 1.29 is 9.59 Å². The lowest BCUT2D eigenvalue weighted by Gasteiger charge is -2.26. The van der Waals surface area contributed by atoms with Gasteiger partial charge in [-0.15, -0.1) is 11.3 Å². The van der Waals surface area contributed by atoms with Gasteiger partial charge in [0.05, 0.1) is 9.58 Å². The van der Waals surface area contributed by atoms with Crippen LogP contribution in [0.2, 0.25) is 0 Å². The first-order valence-electron chi connectivity index (χ1n) is 9.64. The van der Waals surface area contributed by atoms with Crippen molar-refractivity contribution in [3.05, 3.63) is 28.9 Å². The van der Waals surface area contributed by atoms with Crippen molar-refractivity contribution in [1.82, 2.24) is 25.8 Å². The van der Waals surface area contributed by atoms with Crippen molar-refractivity contribution in [2.45, 2.75) is 37.4 Å². The summed E-state index contributed by atoms with van der Waals surface area (Å²) in [5, 5.41) is 10.8. The highest BCUT2D eigenvalue weighted by Crippen LogP contribution is 2.29. The first-order chi connectivity index (χ1) is 13.2. The van der Waals surface area contributed by atoms with Crippen LogP contribution < -0.4 is 16.0 Å². The predicted octanol–water partition coefficient (Wildman–Crippen LogP) is 0.964. The van der Waals surface area contributed by atoms with Gasteiger partial charge in [0.1, 0.15) is 5.69 Å². The first-order valence-corrected chi connectivity index (χ1v) is 10.5. The van der Waals surface area contributed by atoms with Crippen LogP contribution in [0.3, 0.4) is 0 Å². The zero-order valence-electron chi connectivity index (χ0n) is 15.0. The molecule has 2 aromatic rings. The topological polar surface area (TPSA) is 86.4 Å². The minimum absolute atomic E-state index is 0.0664. The predicted molar refractivity (Wildman–Crippen MR) is 104 cm³/mol. The number of carbonyl (C=O) groups excluding carboxylic acids is 2. The lowest BCUT2D eigenvalue weighted by molar-refractivity contribution is 0.0740. The Labute approximate surface area is 161 Å². The molecule has 0 radical (unpaired) electrons. The summed E-state index contributed by atoms with van der Waals surface area (Å²) in [5.41, 5.74) is 0.421. The van der Waals surface area contributed by atoms with E-state index in [-0.39, 0.29) is 17.9 Å². The molecule has 5 rings (SSSR count). The maximum absolute atomic E-state index is 12.7. The van der Waals surface area contributed by atoms with Crippen molar-refractivity contribution >= 4 is 33.2 Å². The lowest BCUT2D eigenvalue weighted by Crippen LogP contribution is -2.46. The summed E-state index contributed by atoms with van der Waals surface area (Å²) < 4.78 is 0.937. The van der Waals surface area contributed by atoms with Crippen molar-refractivity contribution in [2.24, 2.45) is 0 Å². The van der Waals surface area contributed by atoms with Gasteiger partial charge in [0.2, 0.25) is 0 Å². The molecule has 0 aliphatic carbocycles. The molecule has 0 saturated carbocycles. The van der Waals surface area contributed by atoms with Gasteiger partial charge in [-0.1, -0.05) is 0 Å². The third-order valence-electron chi connectivity index (χ3n) is 5.87. The third kappa shape index (κ3) is 3.22. The highest BCUT2D eigenvalue weighted by atomic mass is 32.1. The molecule has 2 amide bonds. The number of nitrogens with zero attached hydrogens (tertiary/aromatic N) is 2. The van der Waals surface area contributed by atoms with Crippen molar-refractivity contribution in [1.29, 1.82) is 0 Å². The first kappa shape index (κ1) is 17.1. The Morgan fingerprint density at radius 2 is 2.07 bits per heavy atom. The Kier molecular flexibility index (Phi) is 4.34. The summed E-state index contributed by atoms with van der Waals surface area (Å²) in [5.74, 6) is -0.0609. The van der Waals surface area contributed by atoms with Crippen molar-refractivity contribution in [2.75, 3.05) is 26.2 Å². The molecule has 0 unspecified atom stereocenters. The Hall–Kier alpha value is -2.03. The highest BCUT2D eigenvalue weighted by Gasteiger charge is 2.39. The summed E-state index contributed by atoms with van der Waals surface area (Å²) in [4.78, 5) is 32.3. The van der Waals surface area contributed by atoms with Crippen LogP contribution in [0, 0.1) is 0 Å². The van der Waals surface area contributed by atoms with Gasteiger partial charge in [0.15, 0.2) is 0 Å². The molecule has 142 valence electrons. The van der Waals surface area contributed by atoms with E-state index in [1.54, 1.807) is 12.3 Å². The molecule has 0 spiro atoms. The van der Waals surface area contributed by atoms with Crippen molar-refractivity contribution in [3.63, 3.8) is 0 Å². The van der Waals surface area contributed by atoms with Gasteiger partial charge in [-0.05, 0) is 36.8 Å². The molecule has 7 nitrogen and oxygen atoms in total. The molecule has 5 heterocycles. The van der Waals surface area contributed by atoms with Gasteiger partial charge in [-0.2, -0.15) is 0 Å². The zero-order chi connectivity index (χ0) is 18.4. The second-order valence-corrected chi connectivity index (χ2v) is 8.71. The minimum atomic E-state index is -0.127. The fourth-order valence-corrected chi connectivity index (χ4v) is 5.41. The summed E-state index contributed by atoms with van der Waals surface area (Å²) in [6, 6.07) is 4.83. The van der Waals surface area contributed by atoms with Gasteiger partial charge in [-0.25, -0.2) is 4.98 Å². The molecule has 3 atom stereocenters. The standard InChI is InChI=1S/C19H23N5O2S/c25-18(23-14-9-12-1-2-13(14)22-12)15-7-11-8-16(27-17(11)10-21-15)19(26)24-5-3-20-4-6-24/h7-8,10,12-14,20,22H,1-6,9H2,(H,23,25)/t12-,13+,14-/m1/s1. The molecule has 3 fully saturated rings. The second kappa shape index (κ2) is 6.85. The molecule has 3 saturated heterocycles. The van der Waals surface area contributed by atoms with Gasteiger partial charge in [-0.3, -0.25) is 9.59 Å². The molecule has 2 bridgehead atoms. The van der Waals surface area contributed by atoms with Gasteiger partial charge >= 0.3 is 0 Å². The quantitative estimate of drug-likeness (QED) is 0.733. The number of rotatable bonds is 3. The normalized spacial score (nSPS) is 27.3. The van der Waals surface area contributed by atoms with E-state index < -0.39 is 0 Å². The Balaban J connectivity index is 1.32. The third-order valence-corrected chi connectivity index (χ3v) is 6.94. The number of hydrogen-bond acceptors (Lipinski definition) is 6. The largest absolute Gasteiger partial charge is 0.346 e. The van der Waals surface area contributed by atoms with E-state index in [1.807, 2.05) is 11.0 Å². The molecule has 3 N–H and O–H groups in total. The number of amides is 2. The number of fused-ring (bicyclic) bond motifs is 3. The van der Waals surface area contributed by atoms with Crippen LogP contribution in [-0.4, -0.2) is 66.0 Å². The second-order valence-electron chi connectivity index (χ2n) is 7.62. The fraction of sp³-hybridized carbons (Fsp3) is 0.526. The van der Waals surface area contributed by atoms with Gasteiger partial charge in [0, 0.05) is 50.5 Å². The average molecular weight is 385 g/mol. The fourth-order valence-electron chi connectivity index (χ4n) is 4.42. The number of piperazine rings is 1. The Bertz CT molecular complexity index is 891. The van der Waals surface area contributed by atoms with E-state index in [9.17, 15) is 9.59 Å². The van der Waals surface area contributed by atoms with Crippen LogP contribution in [0.25, 0.3) is 10.1 Å². The Morgan fingerprint density at radius 1 is 1.22 bits per heavy atom. The number of carbonyl (C=O) groups is 2. The summed E-state index contributed by atoms with van der Waals surface area (Å²) in [6.45, 7) is 3.13. The number of hydrogen-bond donors (Lipinski definition) is 3. The molecular formula is C19H23N5O2S. The smallest absolute Gasteiger partial charge is 0.270 e. The molecule has 3 aliphatic heterocycles. The van der Waals surface area contributed by atoms with Crippen LogP contribution in [0.4, 0.5) is 0 Å². The van der Waals surface area contributed by atoms with Crippen LogP contribution in [0.1, 0.15) is 39.4 Å². The van der Waals surface area contributed by atoms with E-state index >= 15 is 0 Å². The SMILES string of the molecule is O=C(N[C@@H]1C[C@H]2CC[C@@H]1N2)c1cc2cc(C(=O)N3CCNCC3)sc2cn1. The maximum Gasteiger partial charge on any atom is 0.270 e. The van der Waals surface area contributed by atoms with Crippen LogP contribution in [-0.2, 0) is 0 Å². The zero-order valence-corrected chi connectivity index (χ0v) is 15.8. The van der Waals surface area contributed by atoms with E-state index in [0.717, 1.165) is 49.1 Å². The number of nitrogens with one attached hydrogen (secondary N) is 3. The molecular weight excluding hydrogens is 362 g/mol. The average Bonchev–Trinajstić information content (AvgIpc) is 3.42. The molecule has 27 heavy (non-hydrogen) atoms. The van der Waals surface area contributed by atoms with E-state index in [2.05, 4.69) is 20.9 Å². The lowest BCUT2D eigenvalue weighted by atomic mass is 9.95. The van der Waals surface area contributed by atoms with Crippen LogP contribution >= 0.6 is 11.3 Å². The summed E-state index contributed by atoms with van der Waals surface area (Å²) in [7, 11) is 0. The summed E-state index contributed by atoms with van der Waals surface area (Å²) in [6.07, 6.45) is 5.05. The van der Waals surface area contributed by atoms with Crippen LogP contribution in [0.15, 0.2) is 18.3 Å². The maximum atomic E-state index is 12.7. The van der Waals surface area contributed by atoms with E-state index in [1.165, 1.54) is 17.8 Å².